The molecule has 0 aromatic heterocycles. The van der Waals surface area contributed by atoms with E-state index in [0.29, 0.717) is 4.48 Å². The molecule has 98 valence electrons. The van der Waals surface area contributed by atoms with E-state index in [4.69, 9.17) is 4.74 Å². The van der Waals surface area contributed by atoms with Gasteiger partial charge in [-0.05, 0) is 18.6 Å². The number of benzene rings is 1. The molecule has 0 fully saturated rings. The molecule has 0 saturated carbocycles. The molecule has 0 saturated heterocycles. The molecule has 0 heterocycles. The smallest absolute Gasteiger partial charge is 0.334 e. The van der Waals surface area contributed by atoms with Crippen LogP contribution in [0.4, 0.5) is 0 Å². The number of esters is 1. The van der Waals surface area contributed by atoms with E-state index >= 15 is 0 Å². The van der Waals surface area contributed by atoms with Gasteiger partial charge in [-0.3, -0.25) is 4.48 Å². The van der Waals surface area contributed by atoms with Crippen LogP contribution < -0.4 is 0 Å². The van der Waals surface area contributed by atoms with Gasteiger partial charge in [0.05, 0.1) is 26.2 Å². The van der Waals surface area contributed by atoms with Crippen LogP contribution in [-0.4, -0.2) is 31.1 Å². The zero-order chi connectivity index (χ0) is 13.6. The van der Waals surface area contributed by atoms with Crippen molar-refractivity contribution >= 4 is 5.97 Å². The number of carbonyl (C=O) groups is 1. The number of carbonyl (C=O) groups excluding carboxylic acids is 1. The van der Waals surface area contributed by atoms with Gasteiger partial charge < -0.3 is 4.74 Å². The lowest BCUT2D eigenvalue weighted by Gasteiger charge is -2.36. The lowest BCUT2D eigenvalue weighted by molar-refractivity contribution is -0.941. The summed E-state index contributed by atoms with van der Waals surface area (Å²) in [6.45, 7) is 6.51. The zero-order valence-corrected chi connectivity index (χ0v) is 11.4. The van der Waals surface area contributed by atoms with Crippen LogP contribution in [-0.2, 0) is 9.53 Å². The summed E-state index contributed by atoms with van der Waals surface area (Å²) >= 11 is 0. The Morgan fingerprint density at radius 3 is 2.50 bits per heavy atom. The van der Waals surface area contributed by atoms with Gasteiger partial charge in [-0.15, -0.1) is 0 Å². The van der Waals surface area contributed by atoms with Gasteiger partial charge in [0.2, 0.25) is 0 Å². The van der Waals surface area contributed by atoms with Gasteiger partial charge in [0, 0.05) is 6.08 Å². The molecule has 0 spiro atoms. The molecule has 0 amide bonds. The van der Waals surface area contributed by atoms with Crippen molar-refractivity contribution in [2.75, 3.05) is 20.6 Å². The first-order chi connectivity index (χ1) is 8.51. The van der Waals surface area contributed by atoms with Gasteiger partial charge in [-0.1, -0.05) is 31.7 Å². The number of ether oxygens (including phenoxy) is 1. The summed E-state index contributed by atoms with van der Waals surface area (Å²) in [5.41, 5.74) is 1.01. The van der Waals surface area contributed by atoms with Crippen LogP contribution in [0.1, 0.15) is 25.1 Å². The third kappa shape index (κ3) is 3.70. The van der Waals surface area contributed by atoms with Crippen LogP contribution in [0.15, 0.2) is 43.0 Å². The minimum atomic E-state index is -0.383. The van der Waals surface area contributed by atoms with Crippen molar-refractivity contribution in [3.8, 4) is 0 Å². The van der Waals surface area contributed by atoms with Crippen molar-refractivity contribution in [3.63, 3.8) is 0 Å². The molecule has 0 aliphatic heterocycles. The molecule has 1 atom stereocenters. The van der Waals surface area contributed by atoms with E-state index in [1.807, 2.05) is 30.3 Å². The number of nitrogens with zero attached hydrogens (tertiary/aromatic N) is 1. The van der Waals surface area contributed by atoms with Crippen molar-refractivity contribution in [2.45, 2.75) is 19.6 Å². The molecule has 0 aliphatic carbocycles. The Balaban J connectivity index is 3.02. The van der Waals surface area contributed by atoms with Gasteiger partial charge in [0.15, 0.2) is 0 Å². The molecular weight excluding hydrogens is 226 g/mol. The number of rotatable bonds is 6. The maximum Gasteiger partial charge on any atom is 0.334 e. The quantitative estimate of drug-likeness (QED) is 0.335. The van der Waals surface area contributed by atoms with Crippen LogP contribution in [0, 0.1) is 0 Å². The Morgan fingerprint density at radius 2 is 2.00 bits per heavy atom. The summed E-state index contributed by atoms with van der Waals surface area (Å²) in [5, 5.41) is 0. The normalized spacial score (nSPS) is 12.8. The molecule has 0 radical (unpaired) electrons. The van der Waals surface area contributed by atoms with Gasteiger partial charge in [-0.25, -0.2) is 4.79 Å². The maximum absolute atomic E-state index is 11.5. The average molecular weight is 248 g/mol. The highest BCUT2D eigenvalue weighted by Crippen LogP contribution is 2.26. The van der Waals surface area contributed by atoms with E-state index in [1.165, 1.54) is 6.08 Å². The first-order valence-corrected chi connectivity index (χ1v) is 6.22. The highest BCUT2D eigenvalue weighted by atomic mass is 16.6. The van der Waals surface area contributed by atoms with Crippen LogP contribution in [0.25, 0.3) is 0 Å². The summed E-state index contributed by atoms with van der Waals surface area (Å²) in [6, 6.07) is 9.83. The third-order valence-electron chi connectivity index (χ3n) is 2.91. The second kappa shape index (κ2) is 6.36. The molecule has 3 nitrogen and oxygen atoms in total. The lowest BCUT2D eigenvalue weighted by Crippen LogP contribution is -2.45. The molecule has 1 aromatic carbocycles. The lowest BCUT2D eigenvalue weighted by atomic mass is 10.1. The van der Waals surface area contributed by atoms with E-state index < -0.39 is 0 Å². The topological polar surface area (TPSA) is 26.3 Å². The molecule has 0 bridgehead atoms. The Morgan fingerprint density at radius 1 is 1.39 bits per heavy atom. The van der Waals surface area contributed by atoms with Gasteiger partial charge in [0.25, 0.3) is 6.23 Å². The third-order valence-corrected chi connectivity index (χ3v) is 2.91. The van der Waals surface area contributed by atoms with Gasteiger partial charge in [0.1, 0.15) is 0 Å². The summed E-state index contributed by atoms with van der Waals surface area (Å²) in [6.07, 6.45) is 1.95. The largest absolute Gasteiger partial charge is 0.405 e. The van der Waals surface area contributed by atoms with Crippen LogP contribution in [0.2, 0.25) is 0 Å². The van der Waals surface area contributed by atoms with Crippen LogP contribution in [0.5, 0.6) is 0 Å². The summed E-state index contributed by atoms with van der Waals surface area (Å²) < 4.78 is 6.13. The second-order valence-corrected chi connectivity index (χ2v) is 4.91. The minimum Gasteiger partial charge on any atom is -0.405 e. The van der Waals surface area contributed by atoms with E-state index in [-0.39, 0.29) is 12.2 Å². The first-order valence-electron chi connectivity index (χ1n) is 6.22. The predicted molar refractivity (Wildman–Crippen MR) is 72.7 cm³/mol. The van der Waals surface area contributed by atoms with E-state index in [2.05, 4.69) is 27.6 Å². The molecule has 18 heavy (non-hydrogen) atoms. The highest BCUT2D eigenvalue weighted by molar-refractivity contribution is 5.81. The van der Waals surface area contributed by atoms with Crippen molar-refractivity contribution in [2.24, 2.45) is 0 Å². The van der Waals surface area contributed by atoms with Crippen LogP contribution >= 0.6 is 0 Å². The molecule has 0 N–H and O–H groups in total. The Labute approximate surface area is 109 Å². The van der Waals surface area contributed by atoms with Crippen molar-refractivity contribution in [1.29, 1.82) is 0 Å². The Hall–Kier alpha value is -1.61. The molecular formula is C15H22NO2+. The van der Waals surface area contributed by atoms with E-state index in [1.54, 1.807) is 0 Å². The van der Waals surface area contributed by atoms with Crippen molar-refractivity contribution < 1.29 is 14.0 Å². The first kappa shape index (κ1) is 14.5. The maximum atomic E-state index is 11.5. The highest BCUT2D eigenvalue weighted by Gasteiger charge is 2.32. The Bertz CT molecular complexity index is 398. The Kier molecular flexibility index (Phi) is 5.10. The van der Waals surface area contributed by atoms with Crippen LogP contribution in [0.3, 0.4) is 0 Å². The standard InChI is InChI=1S/C15H22NO2/c1-5-12-16(3,4)15(18-14(17)6-2)13-10-8-7-9-11-13/h6-11,15H,2,5,12H2,1,3-4H3/q+1. The fourth-order valence-corrected chi connectivity index (χ4v) is 2.08. The van der Waals surface area contributed by atoms with E-state index in [0.717, 1.165) is 18.5 Å². The SMILES string of the molecule is C=CC(=O)OC(c1ccccc1)[N+](C)(C)CCC. The number of quaternary nitrogens is 1. The fourth-order valence-electron chi connectivity index (χ4n) is 2.08. The fraction of sp³-hybridized carbons (Fsp3) is 0.400. The molecule has 1 aromatic rings. The number of hydrogen-bond acceptors (Lipinski definition) is 2. The predicted octanol–water partition coefficient (Wildman–Crippen LogP) is 2.90. The molecule has 0 aliphatic rings. The molecule has 1 unspecified atom stereocenters. The van der Waals surface area contributed by atoms with Crippen molar-refractivity contribution in [1.82, 2.24) is 0 Å². The summed E-state index contributed by atoms with van der Waals surface area (Å²) in [5.74, 6) is -0.383. The monoisotopic (exact) mass is 248 g/mol. The number of hydrogen-bond donors (Lipinski definition) is 0. The van der Waals surface area contributed by atoms with Crippen molar-refractivity contribution in [3.05, 3.63) is 48.6 Å². The summed E-state index contributed by atoms with van der Waals surface area (Å²) in [4.78, 5) is 11.5. The summed E-state index contributed by atoms with van der Waals surface area (Å²) in [7, 11) is 4.13. The second-order valence-electron chi connectivity index (χ2n) is 4.91. The van der Waals surface area contributed by atoms with Gasteiger partial charge in [-0.2, -0.15) is 0 Å². The van der Waals surface area contributed by atoms with Gasteiger partial charge >= 0.3 is 5.97 Å². The zero-order valence-electron chi connectivity index (χ0n) is 11.4. The minimum absolute atomic E-state index is 0.295. The molecule has 3 heteroatoms. The van der Waals surface area contributed by atoms with E-state index in [9.17, 15) is 4.79 Å². The molecule has 1 rings (SSSR count). The average Bonchev–Trinajstić information content (AvgIpc) is 2.36.